The molecule has 0 rings (SSSR count). The number of thioether (sulfide) groups is 1. The van der Waals surface area contributed by atoms with Crippen LogP contribution in [-0.4, -0.2) is 135 Å². The predicted molar refractivity (Wildman–Crippen MR) is 289 cm³/mol. The number of nitrogens with one attached hydrogen (secondary N) is 4. The highest BCUT2D eigenvalue weighted by Gasteiger charge is 2.32. The number of aliphatic hydroxyl groups excluding tert-OH is 2. The molecule has 430 valence electrons. The molecule has 0 aromatic heterocycles. The van der Waals surface area contributed by atoms with Crippen LogP contribution in [-0.2, 0) is 47.8 Å². The molecule has 0 fully saturated rings. The van der Waals surface area contributed by atoms with E-state index in [0.717, 1.165) is 56.7 Å². The summed E-state index contributed by atoms with van der Waals surface area (Å²) in [5.74, 6) is -7.41. The summed E-state index contributed by atoms with van der Waals surface area (Å²) in [6.45, 7) is 1.31. The van der Waals surface area contributed by atoms with Crippen molar-refractivity contribution in [1.29, 1.82) is 0 Å². The quantitative estimate of drug-likeness (QED) is 0.0124. The monoisotopic (exact) mass is 1130 g/mol. The van der Waals surface area contributed by atoms with E-state index in [2.05, 4.69) is 29.8 Å². The maximum absolute atomic E-state index is 13.6. The lowest BCUT2D eigenvalue weighted by molar-refractivity contribution is -0.157. The second kappa shape index (κ2) is 45.9. The zero-order valence-corrected chi connectivity index (χ0v) is 47.2. The largest absolute Gasteiger partial charge is 0.480 e. The number of carboxylic acid groups (broad SMARTS) is 1. The molecular formula is C51H90Cl3N5O14S. The number of carbonyl (C=O) groups is 8. The van der Waals surface area contributed by atoms with Crippen molar-refractivity contribution in [2.24, 2.45) is 5.73 Å². The zero-order valence-electron chi connectivity index (χ0n) is 44.1. The molecule has 0 bridgehead atoms. The van der Waals surface area contributed by atoms with Crippen LogP contribution in [0.2, 0.25) is 0 Å². The number of rotatable bonds is 48. The third-order valence-electron chi connectivity index (χ3n) is 11.9. The molecule has 0 aliphatic heterocycles. The van der Waals surface area contributed by atoms with Crippen LogP contribution in [0, 0.1) is 0 Å². The molecule has 23 heteroatoms. The first kappa shape index (κ1) is 70.7. The first-order chi connectivity index (χ1) is 35.4. The molecule has 0 aromatic carbocycles. The van der Waals surface area contributed by atoms with Gasteiger partial charge in [0, 0.05) is 24.3 Å². The topological polar surface area (TPSA) is 299 Å². The van der Waals surface area contributed by atoms with Gasteiger partial charge in [0.2, 0.25) is 27.4 Å². The Morgan fingerprint density at radius 3 is 1.27 bits per heavy atom. The van der Waals surface area contributed by atoms with Crippen LogP contribution in [0.1, 0.15) is 200 Å². The van der Waals surface area contributed by atoms with Crippen LogP contribution in [0.15, 0.2) is 0 Å². The van der Waals surface area contributed by atoms with Gasteiger partial charge in [-0.05, 0) is 12.8 Å². The number of carbonyl (C=O) groups excluding carboxylic acids is 7. The van der Waals surface area contributed by atoms with Crippen molar-refractivity contribution < 1.29 is 67.9 Å². The number of unbranched alkanes of at least 4 members (excludes halogenated alkanes) is 24. The predicted octanol–water partition coefficient (Wildman–Crippen LogP) is 8.00. The fraction of sp³-hybridized carbons (Fsp3) is 0.843. The second-order valence-electron chi connectivity index (χ2n) is 18.8. The van der Waals surface area contributed by atoms with Gasteiger partial charge in [0.25, 0.3) is 0 Å². The number of amides is 5. The van der Waals surface area contributed by atoms with Crippen LogP contribution in [0.5, 0.6) is 0 Å². The number of alkyl halides is 3. The Hall–Kier alpha value is -3.30. The fourth-order valence-corrected chi connectivity index (χ4v) is 8.83. The Balaban J connectivity index is 5.69. The van der Waals surface area contributed by atoms with Crippen molar-refractivity contribution in [3.8, 4) is 0 Å². The van der Waals surface area contributed by atoms with Crippen molar-refractivity contribution in [3.05, 3.63) is 0 Å². The summed E-state index contributed by atoms with van der Waals surface area (Å²) in [6.07, 6.45) is 27.2. The average Bonchev–Trinajstić information content (AvgIpc) is 3.35. The standard InChI is InChI=1S/C51H90Cl3N5O14S/c1-3-5-7-9-11-13-15-17-19-21-23-25-27-29-44(63)71-34-38(73-45(64)30-28-26-24-22-20-18-16-14-12-10-8-6-4-2)35-74-36-42(59-50(70)72-37-51(52,53)54)48(67)58-41(33-61)47(66)57-40(32-60)46(65)56-39(49(68)69)31-43(55)62/h38-42,60-61H,3-37H2,1-2H3,(H2,55,62)(H,56,65)(H,57,66)(H,58,67)(H,59,70)(H,68,69)/t38-,39+,40+,41+,42+/m1/s1. The third-order valence-corrected chi connectivity index (χ3v) is 13.4. The number of primary amides is 1. The average molecular weight is 1140 g/mol. The van der Waals surface area contributed by atoms with Gasteiger partial charge in [-0.2, -0.15) is 11.8 Å². The lowest BCUT2D eigenvalue weighted by Gasteiger charge is -2.25. The number of alkyl carbamates (subject to hydrolysis) is 1. The van der Waals surface area contributed by atoms with Crippen LogP contribution in [0.4, 0.5) is 4.79 Å². The number of nitrogens with two attached hydrogens (primary N) is 1. The second-order valence-corrected chi connectivity index (χ2v) is 22.4. The Labute approximate surface area is 459 Å². The van der Waals surface area contributed by atoms with Crippen LogP contribution in [0.25, 0.3) is 0 Å². The highest BCUT2D eigenvalue weighted by molar-refractivity contribution is 7.99. The summed E-state index contributed by atoms with van der Waals surface area (Å²) in [5.41, 5.74) is 5.04. The molecule has 5 atom stereocenters. The number of hydrogen-bond acceptors (Lipinski definition) is 14. The van der Waals surface area contributed by atoms with E-state index in [9.17, 15) is 53.7 Å². The molecule has 0 saturated carbocycles. The molecule has 0 unspecified atom stereocenters. The van der Waals surface area contributed by atoms with Crippen molar-refractivity contribution in [2.45, 2.75) is 234 Å². The Morgan fingerprint density at radius 1 is 0.514 bits per heavy atom. The van der Waals surface area contributed by atoms with Crippen molar-refractivity contribution in [2.75, 3.05) is 37.9 Å². The highest BCUT2D eigenvalue weighted by atomic mass is 35.6. The molecule has 0 aliphatic rings. The van der Waals surface area contributed by atoms with Crippen molar-refractivity contribution in [3.63, 3.8) is 0 Å². The van der Waals surface area contributed by atoms with Gasteiger partial charge in [-0.15, -0.1) is 0 Å². The Morgan fingerprint density at radius 2 is 0.892 bits per heavy atom. The third kappa shape index (κ3) is 40.9. The minimum atomic E-state index is -2.02. The first-order valence-electron chi connectivity index (χ1n) is 26.9. The molecule has 19 nitrogen and oxygen atoms in total. The number of aliphatic carboxylic acids is 1. The Bertz CT molecular complexity index is 1580. The minimum Gasteiger partial charge on any atom is -0.480 e. The van der Waals surface area contributed by atoms with Gasteiger partial charge in [0.1, 0.15) is 43.5 Å². The lowest BCUT2D eigenvalue weighted by atomic mass is 10.0. The first-order valence-corrected chi connectivity index (χ1v) is 29.2. The van der Waals surface area contributed by atoms with E-state index in [0.29, 0.717) is 12.8 Å². The van der Waals surface area contributed by atoms with E-state index >= 15 is 0 Å². The maximum atomic E-state index is 13.6. The highest BCUT2D eigenvalue weighted by Crippen LogP contribution is 2.26. The van der Waals surface area contributed by atoms with Crippen molar-refractivity contribution >= 4 is 94.2 Å². The summed E-state index contributed by atoms with van der Waals surface area (Å²) < 4.78 is 14.3. The minimum absolute atomic E-state index is 0.0185. The van der Waals surface area contributed by atoms with E-state index < -0.39 is 108 Å². The lowest BCUT2D eigenvalue weighted by Crippen LogP contribution is -2.60. The SMILES string of the molecule is CCCCCCCCCCCCCCCC(=O)OC[C@H](CSC[C@H](NC(=O)OCC(Cl)(Cl)Cl)C(=O)N[C@@H](CO)C(=O)N[C@@H](CO)C(=O)N[C@@H](CC(N)=O)C(=O)O)OC(=O)CCCCCCCCCCCCCCC. The van der Waals surface area contributed by atoms with E-state index in [-0.39, 0.29) is 31.0 Å². The van der Waals surface area contributed by atoms with Crippen LogP contribution in [0.3, 0.4) is 0 Å². The van der Waals surface area contributed by atoms with Gasteiger partial charge < -0.3 is 56.5 Å². The molecule has 9 N–H and O–H groups in total. The summed E-state index contributed by atoms with van der Waals surface area (Å²) in [7, 11) is 0. The van der Waals surface area contributed by atoms with Crippen molar-refractivity contribution in [1.82, 2.24) is 21.3 Å². The molecule has 0 aromatic rings. The number of aliphatic hydroxyl groups is 2. The van der Waals surface area contributed by atoms with E-state index in [1.54, 1.807) is 0 Å². The summed E-state index contributed by atoms with van der Waals surface area (Å²) in [4.78, 5) is 101. The summed E-state index contributed by atoms with van der Waals surface area (Å²) in [6, 6.07) is -6.94. The molecule has 0 saturated heterocycles. The maximum Gasteiger partial charge on any atom is 0.407 e. The molecule has 74 heavy (non-hydrogen) atoms. The van der Waals surface area contributed by atoms with Crippen LogP contribution >= 0.6 is 46.6 Å². The Kier molecular flexibility index (Phi) is 43.8. The molecule has 0 aliphatic carbocycles. The number of carboxylic acids is 1. The van der Waals surface area contributed by atoms with Gasteiger partial charge in [-0.25, -0.2) is 9.59 Å². The van der Waals surface area contributed by atoms with E-state index in [4.69, 9.17) is 54.7 Å². The zero-order chi connectivity index (χ0) is 55.4. The summed E-state index contributed by atoms with van der Waals surface area (Å²) >= 11 is 18.2. The van der Waals surface area contributed by atoms with E-state index in [1.165, 1.54) is 109 Å². The molecule has 0 spiro atoms. The summed E-state index contributed by atoms with van der Waals surface area (Å²) in [5, 5.41) is 37.8. The molecular weight excluding hydrogens is 1050 g/mol. The fourth-order valence-electron chi connectivity index (χ4n) is 7.63. The van der Waals surface area contributed by atoms with Crippen LogP contribution < -0.4 is 27.0 Å². The number of ether oxygens (including phenoxy) is 3. The smallest absolute Gasteiger partial charge is 0.407 e. The normalized spacial score (nSPS) is 13.4. The molecule has 5 amide bonds. The van der Waals surface area contributed by atoms with Gasteiger partial charge in [0.15, 0.2) is 0 Å². The number of halogens is 3. The van der Waals surface area contributed by atoms with Gasteiger partial charge in [0.05, 0.1) is 19.6 Å². The van der Waals surface area contributed by atoms with Gasteiger partial charge in [-0.3, -0.25) is 28.8 Å². The van der Waals surface area contributed by atoms with Gasteiger partial charge in [-0.1, -0.05) is 203 Å². The van der Waals surface area contributed by atoms with Gasteiger partial charge >= 0.3 is 24.0 Å². The molecule has 0 heterocycles. The number of hydrogen-bond donors (Lipinski definition) is 8. The number of esters is 2. The molecule has 0 radical (unpaired) electrons. The van der Waals surface area contributed by atoms with E-state index in [1.807, 2.05) is 5.32 Å².